The number of rotatable bonds is 9. The van der Waals surface area contributed by atoms with E-state index < -0.39 is 5.97 Å². The first-order valence-electron chi connectivity index (χ1n) is 10.2. The van der Waals surface area contributed by atoms with Crippen molar-refractivity contribution in [3.05, 3.63) is 101 Å². The number of aromatic nitrogens is 1. The summed E-state index contributed by atoms with van der Waals surface area (Å²) < 4.78 is 17.5. The Kier molecular flexibility index (Phi) is 6.51. The number of nitrogens with zero attached hydrogens (tertiary/aromatic N) is 1. The van der Waals surface area contributed by atoms with Gasteiger partial charge in [0.05, 0.1) is 6.42 Å². The van der Waals surface area contributed by atoms with Gasteiger partial charge in [-0.3, -0.25) is 4.79 Å². The number of carbonyl (C=O) groups is 1. The fourth-order valence-electron chi connectivity index (χ4n) is 3.23. The lowest BCUT2D eigenvalue weighted by molar-refractivity contribution is -0.136. The van der Waals surface area contributed by atoms with Crippen molar-refractivity contribution in [3.63, 3.8) is 0 Å². The molecule has 1 N–H and O–H groups in total. The highest BCUT2D eigenvalue weighted by atomic mass is 16.5. The van der Waals surface area contributed by atoms with Crippen molar-refractivity contribution in [2.24, 2.45) is 0 Å². The summed E-state index contributed by atoms with van der Waals surface area (Å²) in [5.41, 5.74) is 3.31. The maximum Gasteiger partial charge on any atom is 0.307 e. The molecular weight excluding hydrogens is 406 g/mol. The molecule has 0 amide bonds. The number of aryl methyl sites for hydroxylation is 1. The summed E-state index contributed by atoms with van der Waals surface area (Å²) in [5, 5.41) is 8.94. The van der Waals surface area contributed by atoms with E-state index in [1.165, 1.54) is 0 Å². The van der Waals surface area contributed by atoms with Crippen molar-refractivity contribution in [2.45, 2.75) is 26.6 Å². The van der Waals surface area contributed by atoms with Crippen LogP contribution < -0.4 is 9.47 Å². The van der Waals surface area contributed by atoms with Crippen LogP contribution in [0, 0.1) is 6.92 Å². The summed E-state index contributed by atoms with van der Waals surface area (Å²) >= 11 is 0. The zero-order valence-electron chi connectivity index (χ0n) is 17.7. The molecule has 6 nitrogen and oxygen atoms in total. The predicted molar refractivity (Wildman–Crippen MR) is 120 cm³/mol. The van der Waals surface area contributed by atoms with Gasteiger partial charge in [0.25, 0.3) is 0 Å². The summed E-state index contributed by atoms with van der Waals surface area (Å²) in [5.74, 6) is 1.76. The van der Waals surface area contributed by atoms with E-state index in [2.05, 4.69) is 4.98 Å². The molecule has 0 unspecified atom stereocenters. The molecule has 6 heteroatoms. The van der Waals surface area contributed by atoms with Crippen molar-refractivity contribution in [3.8, 4) is 23.0 Å². The monoisotopic (exact) mass is 429 g/mol. The molecule has 1 aromatic heterocycles. The normalized spacial score (nSPS) is 10.7. The highest BCUT2D eigenvalue weighted by Crippen LogP contribution is 2.23. The number of hydrogen-bond donors (Lipinski definition) is 1. The summed E-state index contributed by atoms with van der Waals surface area (Å²) in [6.45, 7) is 2.51. The first kappa shape index (κ1) is 21.2. The van der Waals surface area contributed by atoms with Gasteiger partial charge in [-0.1, -0.05) is 42.5 Å². The summed E-state index contributed by atoms with van der Waals surface area (Å²) in [6.07, 6.45) is -0.0338. The minimum atomic E-state index is -0.870. The molecule has 4 rings (SSSR count). The van der Waals surface area contributed by atoms with Gasteiger partial charge >= 0.3 is 5.97 Å². The van der Waals surface area contributed by atoms with Crippen molar-refractivity contribution in [2.75, 3.05) is 0 Å². The van der Waals surface area contributed by atoms with Crippen LogP contribution in [0.1, 0.15) is 22.6 Å². The fourth-order valence-corrected chi connectivity index (χ4v) is 3.23. The standard InChI is InChI=1S/C26H23NO5/c1-18-24(27-26(32-18)21-9-3-2-4-10-21)17-31-23-12-6-8-20(14-23)16-30-22-11-5-7-19(13-22)15-25(28)29/h2-14H,15-17H2,1H3,(H,28,29). The van der Waals surface area contributed by atoms with E-state index in [4.69, 9.17) is 19.0 Å². The van der Waals surface area contributed by atoms with E-state index in [0.717, 1.165) is 22.6 Å². The molecule has 0 bridgehead atoms. The summed E-state index contributed by atoms with van der Waals surface area (Å²) in [7, 11) is 0. The van der Waals surface area contributed by atoms with Crippen LogP contribution in [0.5, 0.6) is 11.5 Å². The molecule has 0 radical (unpaired) electrons. The lowest BCUT2D eigenvalue weighted by Gasteiger charge is -2.10. The molecule has 0 aliphatic carbocycles. The number of benzene rings is 3. The highest BCUT2D eigenvalue weighted by molar-refractivity contribution is 5.70. The SMILES string of the molecule is Cc1oc(-c2ccccc2)nc1COc1cccc(COc2cccc(CC(=O)O)c2)c1. The maximum absolute atomic E-state index is 10.9. The van der Waals surface area contributed by atoms with Gasteiger partial charge in [0, 0.05) is 5.56 Å². The Morgan fingerprint density at radius 1 is 0.875 bits per heavy atom. The number of hydrogen-bond acceptors (Lipinski definition) is 5. The number of carboxylic acids is 1. The summed E-state index contributed by atoms with van der Waals surface area (Å²) in [4.78, 5) is 15.5. The van der Waals surface area contributed by atoms with Crippen LogP contribution in [0.15, 0.2) is 83.3 Å². The minimum absolute atomic E-state index is 0.0338. The van der Waals surface area contributed by atoms with E-state index >= 15 is 0 Å². The van der Waals surface area contributed by atoms with Crippen LogP contribution in [0.3, 0.4) is 0 Å². The van der Waals surface area contributed by atoms with E-state index in [9.17, 15) is 4.79 Å². The van der Waals surface area contributed by atoms with Crippen LogP contribution in [0.2, 0.25) is 0 Å². The molecule has 3 aromatic carbocycles. The third kappa shape index (κ3) is 5.55. The van der Waals surface area contributed by atoms with Crippen LogP contribution in [0.25, 0.3) is 11.5 Å². The van der Waals surface area contributed by atoms with E-state index in [1.807, 2.05) is 67.6 Å². The van der Waals surface area contributed by atoms with Gasteiger partial charge in [-0.2, -0.15) is 0 Å². The minimum Gasteiger partial charge on any atom is -0.489 e. The summed E-state index contributed by atoms with van der Waals surface area (Å²) in [6, 6.07) is 24.5. The smallest absolute Gasteiger partial charge is 0.307 e. The van der Waals surface area contributed by atoms with Gasteiger partial charge in [0.15, 0.2) is 0 Å². The lowest BCUT2D eigenvalue weighted by Crippen LogP contribution is -2.01. The van der Waals surface area contributed by atoms with Gasteiger partial charge < -0.3 is 19.0 Å². The molecule has 4 aromatic rings. The Balaban J connectivity index is 1.37. The van der Waals surface area contributed by atoms with Gasteiger partial charge in [-0.25, -0.2) is 4.98 Å². The predicted octanol–water partition coefficient (Wildman–Crippen LogP) is 5.44. The van der Waals surface area contributed by atoms with Crippen molar-refractivity contribution >= 4 is 5.97 Å². The van der Waals surface area contributed by atoms with Gasteiger partial charge in [0.1, 0.15) is 36.2 Å². The second-order valence-corrected chi connectivity index (χ2v) is 7.33. The topological polar surface area (TPSA) is 81.8 Å². The van der Waals surface area contributed by atoms with Gasteiger partial charge in [-0.15, -0.1) is 0 Å². The van der Waals surface area contributed by atoms with E-state index in [0.29, 0.717) is 36.2 Å². The number of carboxylic acid groups (broad SMARTS) is 1. The molecule has 0 spiro atoms. The quantitative estimate of drug-likeness (QED) is 0.382. The zero-order valence-corrected chi connectivity index (χ0v) is 17.7. The van der Waals surface area contributed by atoms with Crippen molar-refractivity contribution in [1.82, 2.24) is 4.98 Å². The fraction of sp³-hybridized carbons (Fsp3) is 0.154. The number of ether oxygens (including phenoxy) is 2. The van der Waals surface area contributed by atoms with Crippen LogP contribution >= 0.6 is 0 Å². The average Bonchev–Trinajstić information content (AvgIpc) is 3.17. The van der Waals surface area contributed by atoms with Crippen LogP contribution in [-0.4, -0.2) is 16.1 Å². The Morgan fingerprint density at radius 3 is 2.25 bits per heavy atom. The molecular formula is C26H23NO5. The maximum atomic E-state index is 10.9. The molecule has 0 saturated heterocycles. The number of oxazole rings is 1. The Morgan fingerprint density at radius 2 is 1.53 bits per heavy atom. The third-order valence-corrected chi connectivity index (χ3v) is 4.85. The lowest BCUT2D eigenvalue weighted by atomic mass is 10.1. The Hall–Kier alpha value is -4.06. The molecule has 162 valence electrons. The van der Waals surface area contributed by atoms with E-state index in [1.54, 1.807) is 18.2 Å². The third-order valence-electron chi connectivity index (χ3n) is 4.85. The number of aliphatic carboxylic acids is 1. The van der Waals surface area contributed by atoms with Gasteiger partial charge in [0.2, 0.25) is 5.89 Å². The second kappa shape index (κ2) is 9.83. The first-order valence-corrected chi connectivity index (χ1v) is 10.2. The van der Waals surface area contributed by atoms with Crippen LogP contribution in [0.4, 0.5) is 0 Å². The van der Waals surface area contributed by atoms with E-state index in [-0.39, 0.29) is 6.42 Å². The van der Waals surface area contributed by atoms with Gasteiger partial charge in [-0.05, 0) is 54.4 Å². The van der Waals surface area contributed by atoms with Crippen molar-refractivity contribution in [1.29, 1.82) is 0 Å². The highest BCUT2D eigenvalue weighted by Gasteiger charge is 2.12. The largest absolute Gasteiger partial charge is 0.489 e. The molecule has 32 heavy (non-hydrogen) atoms. The molecule has 0 atom stereocenters. The van der Waals surface area contributed by atoms with Crippen LogP contribution in [-0.2, 0) is 24.4 Å². The molecule has 0 saturated carbocycles. The first-order chi connectivity index (χ1) is 15.6. The Bertz CT molecular complexity index is 1200. The molecule has 0 aliphatic rings. The molecule has 0 fully saturated rings. The molecule has 1 heterocycles. The Labute approximate surface area is 186 Å². The average molecular weight is 429 g/mol. The molecule has 0 aliphatic heterocycles. The zero-order chi connectivity index (χ0) is 22.3. The second-order valence-electron chi connectivity index (χ2n) is 7.33. The van der Waals surface area contributed by atoms with Crippen molar-refractivity contribution < 1.29 is 23.8 Å².